The molecule has 132 valence electrons. The summed E-state index contributed by atoms with van der Waals surface area (Å²) in [7, 11) is 0. The summed E-state index contributed by atoms with van der Waals surface area (Å²) in [6.07, 6.45) is 3.99. The average molecular weight is 404 g/mol. The Hall–Kier alpha value is -1.92. The third kappa shape index (κ3) is 4.58. The van der Waals surface area contributed by atoms with Gasteiger partial charge in [0.15, 0.2) is 0 Å². The first-order valence-corrected chi connectivity index (χ1v) is 9.37. The zero-order valence-electron chi connectivity index (χ0n) is 14.0. The molecule has 1 fully saturated rings. The molecule has 6 heteroatoms. The van der Waals surface area contributed by atoms with Crippen LogP contribution in [0.15, 0.2) is 57.9 Å². The van der Waals surface area contributed by atoms with Crippen molar-refractivity contribution < 1.29 is 4.79 Å². The molecule has 1 aliphatic heterocycles. The number of carbonyl (C=O) groups is 1. The normalized spacial score (nSPS) is 15.9. The molecular weight excluding hydrogens is 382 g/mol. The number of likely N-dealkylation sites (tertiary alicyclic amines) is 1. The van der Waals surface area contributed by atoms with Crippen LogP contribution in [-0.2, 0) is 11.3 Å². The van der Waals surface area contributed by atoms with Crippen LogP contribution in [0.3, 0.4) is 0 Å². The van der Waals surface area contributed by atoms with Crippen molar-refractivity contribution in [3.63, 3.8) is 0 Å². The number of amides is 1. The van der Waals surface area contributed by atoms with Gasteiger partial charge in [-0.3, -0.25) is 14.5 Å². The summed E-state index contributed by atoms with van der Waals surface area (Å²) >= 11 is 3.44. The second-order valence-corrected chi connectivity index (χ2v) is 7.14. The number of aromatic nitrogens is 1. The van der Waals surface area contributed by atoms with Crippen LogP contribution >= 0.6 is 15.9 Å². The molecule has 1 aromatic carbocycles. The zero-order valence-corrected chi connectivity index (χ0v) is 15.6. The van der Waals surface area contributed by atoms with Crippen molar-refractivity contribution in [3.05, 3.63) is 69.1 Å². The van der Waals surface area contributed by atoms with E-state index in [1.807, 2.05) is 30.3 Å². The molecule has 1 N–H and O–H groups in total. The lowest BCUT2D eigenvalue weighted by atomic mass is 10.0. The van der Waals surface area contributed by atoms with Gasteiger partial charge >= 0.3 is 0 Å². The molecule has 1 aromatic heterocycles. The van der Waals surface area contributed by atoms with Crippen molar-refractivity contribution in [3.8, 4) is 0 Å². The van der Waals surface area contributed by atoms with Gasteiger partial charge in [-0.05, 0) is 49.7 Å². The standard InChI is InChI=1S/C19H22BrN3O2/c20-16-8-6-15(7-9-16)18(23-12-3-4-13-23)19(25)21-10-14-22-11-2-1-5-17(22)24/h1-2,5-9,11,18H,3-4,10,12-14H2,(H,21,25)/t18-/m1/s1. The second-order valence-electron chi connectivity index (χ2n) is 6.22. The predicted molar refractivity (Wildman–Crippen MR) is 101 cm³/mol. The van der Waals surface area contributed by atoms with Gasteiger partial charge in [0, 0.05) is 29.8 Å². The van der Waals surface area contributed by atoms with Gasteiger partial charge in [0.05, 0.1) is 0 Å². The molecule has 1 aliphatic rings. The fraction of sp³-hybridized carbons (Fsp3) is 0.368. The molecule has 3 rings (SSSR count). The van der Waals surface area contributed by atoms with Gasteiger partial charge in [-0.2, -0.15) is 0 Å². The van der Waals surface area contributed by atoms with E-state index in [1.54, 1.807) is 16.8 Å². The molecular formula is C19H22BrN3O2. The Labute approximate surface area is 155 Å². The fourth-order valence-corrected chi connectivity index (χ4v) is 3.48. The van der Waals surface area contributed by atoms with E-state index < -0.39 is 0 Å². The Morgan fingerprint density at radius 2 is 1.84 bits per heavy atom. The number of carbonyl (C=O) groups excluding carboxylic acids is 1. The summed E-state index contributed by atoms with van der Waals surface area (Å²) < 4.78 is 2.60. The van der Waals surface area contributed by atoms with Gasteiger partial charge in [-0.25, -0.2) is 0 Å². The maximum absolute atomic E-state index is 12.8. The Kier molecular flexibility index (Phi) is 6.04. The van der Waals surface area contributed by atoms with Gasteiger partial charge in [0.25, 0.3) is 5.56 Å². The molecule has 0 radical (unpaired) electrons. The SMILES string of the molecule is O=C(NCCn1ccccc1=O)[C@@H](c1ccc(Br)cc1)N1CCCC1. The first-order chi connectivity index (χ1) is 12.1. The molecule has 25 heavy (non-hydrogen) atoms. The van der Waals surface area contributed by atoms with Crippen molar-refractivity contribution in [2.45, 2.75) is 25.4 Å². The number of hydrogen-bond donors (Lipinski definition) is 1. The quantitative estimate of drug-likeness (QED) is 0.806. The number of nitrogens with one attached hydrogen (secondary N) is 1. The summed E-state index contributed by atoms with van der Waals surface area (Å²) in [5, 5.41) is 3.00. The van der Waals surface area contributed by atoms with Crippen LogP contribution in [0.2, 0.25) is 0 Å². The molecule has 0 aliphatic carbocycles. The maximum atomic E-state index is 12.8. The molecule has 1 atom stereocenters. The summed E-state index contributed by atoms with van der Waals surface area (Å²) in [4.78, 5) is 26.8. The summed E-state index contributed by atoms with van der Waals surface area (Å²) in [6, 6.07) is 12.7. The topological polar surface area (TPSA) is 54.3 Å². The van der Waals surface area contributed by atoms with Crippen LogP contribution in [0.4, 0.5) is 0 Å². The van der Waals surface area contributed by atoms with Crippen molar-refractivity contribution in [1.82, 2.24) is 14.8 Å². The van der Waals surface area contributed by atoms with E-state index in [-0.39, 0.29) is 17.5 Å². The summed E-state index contributed by atoms with van der Waals surface area (Å²) in [5.74, 6) is -0.00629. The Bertz CT molecular complexity index is 767. The largest absolute Gasteiger partial charge is 0.353 e. The molecule has 0 spiro atoms. The molecule has 1 amide bonds. The Balaban J connectivity index is 1.67. The molecule has 2 aromatic rings. The van der Waals surface area contributed by atoms with Crippen molar-refractivity contribution in [1.29, 1.82) is 0 Å². The number of pyridine rings is 1. The van der Waals surface area contributed by atoms with Gasteiger partial charge in [-0.15, -0.1) is 0 Å². The van der Waals surface area contributed by atoms with Crippen molar-refractivity contribution >= 4 is 21.8 Å². The van der Waals surface area contributed by atoms with Crippen molar-refractivity contribution in [2.75, 3.05) is 19.6 Å². The maximum Gasteiger partial charge on any atom is 0.250 e. The number of rotatable bonds is 6. The monoisotopic (exact) mass is 403 g/mol. The number of benzene rings is 1. The van der Waals surface area contributed by atoms with Gasteiger partial charge in [0.2, 0.25) is 5.91 Å². The highest BCUT2D eigenvalue weighted by molar-refractivity contribution is 9.10. The van der Waals surface area contributed by atoms with Gasteiger partial charge in [-0.1, -0.05) is 34.1 Å². The second kappa shape index (κ2) is 8.45. The summed E-state index contributed by atoms with van der Waals surface area (Å²) in [5.41, 5.74) is 0.945. The van der Waals surface area contributed by atoms with E-state index in [2.05, 4.69) is 26.1 Å². The number of nitrogens with zero attached hydrogens (tertiary/aromatic N) is 2. The molecule has 0 unspecified atom stereocenters. The number of halogens is 1. The van der Waals surface area contributed by atoms with Crippen LogP contribution in [0.1, 0.15) is 24.4 Å². The lowest BCUT2D eigenvalue weighted by molar-refractivity contribution is -0.126. The van der Waals surface area contributed by atoms with Crippen LogP contribution in [0, 0.1) is 0 Å². The molecule has 2 heterocycles. The van der Waals surface area contributed by atoms with Gasteiger partial charge < -0.3 is 9.88 Å². The average Bonchev–Trinajstić information content (AvgIpc) is 3.13. The van der Waals surface area contributed by atoms with E-state index in [0.29, 0.717) is 13.1 Å². The molecule has 0 bridgehead atoms. The molecule has 0 saturated carbocycles. The third-order valence-electron chi connectivity index (χ3n) is 4.49. The highest BCUT2D eigenvalue weighted by atomic mass is 79.9. The highest BCUT2D eigenvalue weighted by Crippen LogP contribution is 2.26. The van der Waals surface area contributed by atoms with E-state index in [4.69, 9.17) is 0 Å². The summed E-state index contributed by atoms with van der Waals surface area (Å²) in [6.45, 7) is 2.78. The van der Waals surface area contributed by atoms with E-state index in [1.165, 1.54) is 6.07 Å². The minimum Gasteiger partial charge on any atom is -0.353 e. The van der Waals surface area contributed by atoms with Gasteiger partial charge in [0.1, 0.15) is 6.04 Å². The Morgan fingerprint density at radius 3 is 2.52 bits per heavy atom. The van der Waals surface area contributed by atoms with Crippen LogP contribution < -0.4 is 10.9 Å². The lowest BCUT2D eigenvalue weighted by Gasteiger charge is -2.27. The van der Waals surface area contributed by atoms with Crippen LogP contribution in [0.25, 0.3) is 0 Å². The van der Waals surface area contributed by atoms with E-state index in [0.717, 1.165) is 36.0 Å². The smallest absolute Gasteiger partial charge is 0.250 e. The first kappa shape index (κ1) is 17.9. The number of hydrogen-bond acceptors (Lipinski definition) is 3. The van der Waals surface area contributed by atoms with Crippen LogP contribution in [0.5, 0.6) is 0 Å². The molecule has 5 nitrogen and oxygen atoms in total. The fourth-order valence-electron chi connectivity index (χ4n) is 3.21. The van der Waals surface area contributed by atoms with E-state index >= 15 is 0 Å². The Morgan fingerprint density at radius 1 is 1.12 bits per heavy atom. The predicted octanol–water partition coefficient (Wildman–Crippen LogP) is 2.56. The zero-order chi connectivity index (χ0) is 17.6. The minimum absolute atomic E-state index is 0.00629. The molecule has 1 saturated heterocycles. The first-order valence-electron chi connectivity index (χ1n) is 8.58. The minimum atomic E-state index is -0.275. The lowest BCUT2D eigenvalue weighted by Crippen LogP contribution is -2.40. The van der Waals surface area contributed by atoms with Crippen LogP contribution in [-0.4, -0.2) is 35.0 Å². The highest BCUT2D eigenvalue weighted by Gasteiger charge is 2.29. The van der Waals surface area contributed by atoms with Crippen molar-refractivity contribution in [2.24, 2.45) is 0 Å². The van der Waals surface area contributed by atoms with E-state index in [9.17, 15) is 9.59 Å². The third-order valence-corrected chi connectivity index (χ3v) is 5.02.